The fourth-order valence-electron chi connectivity index (χ4n) is 2.49. The third-order valence-corrected chi connectivity index (χ3v) is 5.15. The molecule has 6 nitrogen and oxygen atoms in total. The highest BCUT2D eigenvalue weighted by atomic mass is 32.2. The number of hydrogen-bond donors (Lipinski definition) is 1. The lowest BCUT2D eigenvalue weighted by Crippen LogP contribution is -2.24. The van der Waals surface area contributed by atoms with Crippen LogP contribution >= 0.6 is 0 Å². The summed E-state index contributed by atoms with van der Waals surface area (Å²) in [5.74, 6) is -1.02. The molecule has 0 aliphatic carbocycles. The van der Waals surface area contributed by atoms with E-state index < -0.39 is 21.2 Å². The van der Waals surface area contributed by atoms with Gasteiger partial charge in [0, 0.05) is 17.2 Å². The van der Waals surface area contributed by atoms with E-state index in [0.717, 1.165) is 6.07 Å². The number of nitrogens with one attached hydrogen (secondary N) is 1. The average Bonchev–Trinajstić information content (AvgIpc) is 2.48. The Bertz CT molecular complexity index is 927. The van der Waals surface area contributed by atoms with Crippen LogP contribution in [0.25, 0.3) is 11.3 Å². The summed E-state index contributed by atoms with van der Waals surface area (Å²) in [6, 6.07) is 7.48. The van der Waals surface area contributed by atoms with Crippen molar-refractivity contribution in [3.63, 3.8) is 0 Å². The second-order valence-electron chi connectivity index (χ2n) is 4.88. The predicted octanol–water partition coefficient (Wildman–Crippen LogP) is 1.51. The fourth-order valence-corrected chi connectivity index (χ4v) is 4.10. The Kier molecular flexibility index (Phi) is 3.37. The molecule has 7 heteroatoms. The van der Waals surface area contributed by atoms with Crippen LogP contribution in [0.1, 0.15) is 23.0 Å². The highest BCUT2D eigenvalue weighted by Gasteiger charge is 2.30. The maximum atomic E-state index is 12.3. The number of benzene rings is 1. The molecule has 0 saturated heterocycles. The summed E-state index contributed by atoms with van der Waals surface area (Å²) in [7, 11) is -3.56. The smallest absolute Gasteiger partial charge is 0.354 e. The van der Waals surface area contributed by atoms with Gasteiger partial charge in [-0.15, -0.1) is 0 Å². The SMILES string of the molecule is CCOC(=O)c1cc(=O)c2c([nH]1)-c1ccccc1S(=O)(=O)C2. The van der Waals surface area contributed by atoms with E-state index in [4.69, 9.17) is 4.74 Å². The summed E-state index contributed by atoms with van der Waals surface area (Å²) in [6.45, 7) is 1.85. The Hall–Kier alpha value is -2.41. The Morgan fingerprint density at radius 2 is 2.05 bits per heavy atom. The third-order valence-electron chi connectivity index (χ3n) is 3.46. The molecule has 0 radical (unpaired) electrons. The van der Waals surface area contributed by atoms with E-state index >= 15 is 0 Å². The zero-order chi connectivity index (χ0) is 15.9. The standard InChI is InChI=1S/C15H13NO5S/c1-2-21-15(18)11-7-12(17)10-8-22(19,20)13-6-4-3-5-9(13)14(10)16-11/h3-7H,2,8H2,1H3,(H,16,17). The number of rotatable bonds is 2. The highest BCUT2D eigenvalue weighted by Crippen LogP contribution is 2.34. The van der Waals surface area contributed by atoms with Crippen LogP contribution < -0.4 is 5.43 Å². The number of aromatic amines is 1. The van der Waals surface area contributed by atoms with Gasteiger partial charge in [-0.25, -0.2) is 13.2 Å². The Morgan fingerprint density at radius 3 is 2.77 bits per heavy atom. The van der Waals surface area contributed by atoms with Gasteiger partial charge < -0.3 is 9.72 Å². The van der Waals surface area contributed by atoms with E-state index in [9.17, 15) is 18.0 Å². The maximum Gasteiger partial charge on any atom is 0.354 e. The first-order valence-electron chi connectivity index (χ1n) is 6.69. The molecule has 0 fully saturated rings. The number of aromatic nitrogens is 1. The minimum absolute atomic E-state index is 0.0136. The summed E-state index contributed by atoms with van der Waals surface area (Å²) in [6.07, 6.45) is 0. The van der Waals surface area contributed by atoms with Gasteiger partial charge in [0.1, 0.15) is 5.69 Å². The van der Waals surface area contributed by atoms with Crippen LogP contribution in [0, 0.1) is 0 Å². The van der Waals surface area contributed by atoms with E-state index in [1.807, 2.05) is 0 Å². The van der Waals surface area contributed by atoms with Gasteiger partial charge in [-0.1, -0.05) is 18.2 Å². The van der Waals surface area contributed by atoms with E-state index in [1.54, 1.807) is 25.1 Å². The quantitative estimate of drug-likeness (QED) is 0.847. The molecule has 1 aliphatic heterocycles. The molecule has 22 heavy (non-hydrogen) atoms. The molecule has 0 saturated carbocycles. The lowest BCUT2D eigenvalue weighted by atomic mass is 10.0. The van der Waals surface area contributed by atoms with Gasteiger partial charge in [-0.3, -0.25) is 4.79 Å². The van der Waals surface area contributed by atoms with Gasteiger partial charge in [-0.05, 0) is 13.0 Å². The first-order chi connectivity index (χ1) is 10.4. The van der Waals surface area contributed by atoms with Crippen molar-refractivity contribution in [3.8, 4) is 11.3 Å². The number of carbonyl (C=O) groups is 1. The largest absolute Gasteiger partial charge is 0.461 e. The van der Waals surface area contributed by atoms with Gasteiger partial charge in [0.25, 0.3) is 0 Å². The Labute approximate surface area is 126 Å². The first kappa shape index (κ1) is 14.5. The zero-order valence-electron chi connectivity index (χ0n) is 11.8. The molecule has 2 aromatic rings. The number of hydrogen-bond acceptors (Lipinski definition) is 5. The number of esters is 1. The summed E-state index contributed by atoms with van der Waals surface area (Å²) >= 11 is 0. The number of pyridine rings is 1. The van der Waals surface area contributed by atoms with Crippen molar-refractivity contribution in [2.24, 2.45) is 0 Å². The fraction of sp³-hybridized carbons (Fsp3) is 0.200. The van der Waals surface area contributed by atoms with E-state index in [2.05, 4.69) is 4.98 Å². The number of carbonyl (C=O) groups excluding carboxylic acids is 1. The van der Waals surface area contributed by atoms with Crippen LogP contribution in [-0.2, 0) is 20.3 Å². The first-order valence-corrected chi connectivity index (χ1v) is 8.34. The molecule has 1 N–H and O–H groups in total. The Morgan fingerprint density at radius 1 is 1.32 bits per heavy atom. The molecular weight excluding hydrogens is 306 g/mol. The second kappa shape index (κ2) is 5.10. The summed E-state index contributed by atoms with van der Waals surface area (Å²) in [5.41, 5.74) is 0.425. The summed E-state index contributed by atoms with van der Waals surface area (Å²) in [5, 5.41) is 0. The molecule has 1 aromatic carbocycles. The van der Waals surface area contributed by atoms with Crippen molar-refractivity contribution in [2.45, 2.75) is 17.6 Å². The minimum atomic E-state index is -3.56. The van der Waals surface area contributed by atoms with Crippen molar-refractivity contribution in [1.29, 1.82) is 0 Å². The van der Waals surface area contributed by atoms with Gasteiger partial charge in [0.2, 0.25) is 0 Å². The van der Waals surface area contributed by atoms with Crippen LogP contribution in [0.15, 0.2) is 40.0 Å². The number of sulfone groups is 1. The van der Waals surface area contributed by atoms with Crippen LogP contribution in [0.3, 0.4) is 0 Å². The number of H-pyrrole nitrogens is 1. The Balaban J connectivity index is 2.28. The van der Waals surface area contributed by atoms with Crippen LogP contribution in [0.4, 0.5) is 0 Å². The molecule has 0 spiro atoms. The lowest BCUT2D eigenvalue weighted by Gasteiger charge is -2.19. The molecule has 3 rings (SSSR count). The minimum Gasteiger partial charge on any atom is -0.461 e. The van der Waals surface area contributed by atoms with Gasteiger partial charge in [0.15, 0.2) is 15.3 Å². The number of fused-ring (bicyclic) bond motifs is 3. The van der Waals surface area contributed by atoms with Crippen molar-refractivity contribution >= 4 is 15.8 Å². The van der Waals surface area contributed by atoms with Crippen molar-refractivity contribution in [2.75, 3.05) is 6.61 Å². The molecule has 1 aromatic heterocycles. The van der Waals surface area contributed by atoms with E-state index in [0.29, 0.717) is 11.3 Å². The average molecular weight is 319 g/mol. The molecule has 1 aliphatic rings. The summed E-state index contributed by atoms with van der Waals surface area (Å²) < 4.78 is 29.4. The third kappa shape index (κ3) is 2.23. The van der Waals surface area contributed by atoms with E-state index in [1.165, 1.54) is 6.07 Å². The maximum absolute atomic E-state index is 12.3. The van der Waals surface area contributed by atoms with Crippen molar-refractivity contribution < 1.29 is 17.9 Å². The van der Waals surface area contributed by atoms with Crippen molar-refractivity contribution in [3.05, 3.63) is 51.8 Å². The molecule has 2 heterocycles. The second-order valence-corrected chi connectivity index (χ2v) is 6.83. The molecule has 114 valence electrons. The molecule has 0 bridgehead atoms. The summed E-state index contributed by atoms with van der Waals surface area (Å²) in [4.78, 5) is 27.0. The van der Waals surface area contributed by atoms with Crippen LogP contribution in [0.2, 0.25) is 0 Å². The molecule has 0 unspecified atom stereocenters. The molecule has 0 amide bonds. The van der Waals surface area contributed by atoms with E-state index in [-0.39, 0.29) is 28.5 Å². The van der Waals surface area contributed by atoms with Crippen LogP contribution in [-0.4, -0.2) is 26.0 Å². The van der Waals surface area contributed by atoms with Gasteiger partial charge in [0.05, 0.1) is 22.9 Å². The van der Waals surface area contributed by atoms with Gasteiger partial charge in [-0.2, -0.15) is 0 Å². The molecular formula is C15H13NO5S. The normalized spacial score (nSPS) is 14.8. The predicted molar refractivity (Wildman–Crippen MR) is 79.3 cm³/mol. The van der Waals surface area contributed by atoms with Crippen LogP contribution in [0.5, 0.6) is 0 Å². The van der Waals surface area contributed by atoms with Crippen molar-refractivity contribution in [1.82, 2.24) is 4.98 Å². The highest BCUT2D eigenvalue weighted by molar-refractivity contribution is 7.90. The topological polar surface area (TPSA) is 93.3 Å². The number of ether oxygens (including phenoxy) is 1. The zero-order valence-corrected chi connectivity index (χ0v) is 12.6. The molecule has 0 atom stereocenters. The monoisotopic (exact) mass is 319 g/mol. The lowest BCUT2D eigenvalue weighted by molar-refractivity contribution is 0.0519. The van der Waals surface area contributed by atoms with Gasteiger partial charge >= 0.3 is 5.97 Å².